The van der Waals surface area contributed by atoms with E-state index in [1.807, 2.05) is 11.8 Å². The van der Waals surface area contributed by atoms with E-state index in [0.29, 0.717) is 5.92 Å². The summed E-state index contributed by atoms with van der Waals surface area (Å²) in [5.74, 6) is 2.46. The molecule has 1 saturated carbocycles. The molecule has 1 aliphatic rings. The van der Waals surface area contributed by atoms with E-state index < -0.39 is 8.32 Å². The van der Waals surface area contributed by atoms with Crippen LogP contribution in [0.25, 0.3) is 5.57 Å². The first-order chi connectivity index (χ1) is 16.6. The molecule has 0 aliphatic heterocycles. The molecule has 1 aliphatic carbocycles. The van der Waals surface area contributed by atoms with Crippen molar-refractivity contribution in [2.45, 2.75) is 89.2 Å². The SMILES string of the molecule is CCc1ccc(C(=CC2CCCC2)c2ccc(SCCCO[Si](C)(C)C(C)(C)C)cc2)nc1OC. The second-order valence-corrected chi connectivity index (χ2v) is 17.2. The van der Waals surface area contributed by atoms with E-state index in [0.717, 1.165) is 42.3 Å². The maximum absolute atomic E-state index is 6.33. The quantitative estimate of drug-likeness (QED) is 0.171. The number of benzene rings is 1. The topological polar surface area (TPSA) is 31.4 Å². The van der Waals surface area contributed by atoms with Crippen molar-refractivity contribution in [1.82, 2.24) is 4.98 Å². The summed E-state index contributed by atoms with van der Waals surface area (Å²) in [6, 6.07) is 13.4. The van der Waals surface area contributed by atoms with Crippen molar-refractivity contribution in [2.75, 3.05) is 19.5 Å². The van der Waals surface area contributed by atoms with Gasteiger partial charge in [-0.1, -0.05) is 64.8 Å². The van der Waals surface area contributed by atoms with Crippen LogP contribution < -0.4 is 4.74 Å². The second kappa shape index (κ2) is 12.6. The van der Waals surface area contributed by atoms with Crippen molar-refractivity contribution in [3.63, 3.8) is 0 Å². The summed E-state index contributed by atoms with van der Waals surface area (Å²) in [4.78, 5) is 6.22. The molecule has 1 fully saturated rings. The average molecular weight is 512 g/mol. The minimum absolute atomic E-state index is 0.273. The maximum atomic E-state index is 6.33. The Labute approximate surface area is 219 Å². The molecule has 0 amide bonds. The molecule has 0 atom stereocenters. The molecular formula is C30H45NO2SSi. The molecule has 0 N–H and O–H groups in total. The van der Waals surface area contributed by atoms with Gasteiger partial charge in [0.25, 0.3) is 0 Å². The largest absolute Gasteiger partial charge is 0.481 e. The van der Waals surface area contributed by atoms with Crippen molar-refractivity contribution < 1.29 is 9.16 Å². The van der Waals surface area contributed by atoms with Gasteiger partial charge >= 0.3 is 0 Å². The monoisotopic (exact) mass is 511 g/mol. The summed E-state index contributed by atoms with van der Waals surface area (Å²) in [5.41, 5.74) is 4.63. The molecule has 3 rings (SSSR count). The van der Waals surface area contributed by atoms with Gasteiger partial charge in [-0.2, -0.15) is 0 Å². The molecule has 1 aromatic carbocycles. The van der Waals surface area contributed by atoms with Crippen LogP contribution in [0.5, 0.6) is 5.88 Å². The summed E-state index contributed by atoms with van der Waals surface area (Å²) in [7, 11) is 0.0716. The lowest BCUT2D eigenvalue weighted by atomic mass is 9.95. The first-order valence-corrected chi connectivity index (χ1v) is 17.2. The normalized spacial score (nSPS) is 15.6. The van der Waals surface area contributed by atoms with Crippen molar-refractivity contribution in [1.29, 1.82) is 0 Å². The Morgan fingerprint density at radius 2 is 1.77 bits per heavy atom. The van der Waals surface area contributed by atoms with Crippen LogP contribution in [0, 0.1) is 5.92 Å². The Hall–Kier alpha value is -1.56. The Bertz CT molecular complexity index is 973. The van der Waals surface area contributed by atoms with E-state index in [2.05, 4.69) is 83.3 Å². The molecular weight excluding hydrogens is 466 g/mol. The third kappa shape index (κ3) is 7.71. The zero-order valence-electron chi connectivity index (χ0n) is 22.9. The van der Waals surface area contributed by atoms with Gasteiger partial charge in [0, 0.05) is 28.4 Å². The molecule has 0 unspecified atom stereocenters. The lowest BCUT2D eigenvalue weighted by molar-refractivity contribution is 0.289. The van der Waals surface area contributed by atoms with Gasteiger partial charge in [0.15, 0.2) is 8.32 Å². The highest BCUT2D eigenvalue weighted by molar-refractivity contribution is 7.99. The molecule has 2 aromatic rings. The Morgan fingerprint density at radius 1 is 1.09 bits per heavy atom. The van der Waals surface area contributed by atoms with Crippen molar-refractivity contribution in [2.24, 2.45) is 5.92 Å². The van der Waals surface area contributed by atoms with Crippen LogP contribution in [0.1, 0.15) is 76.6 Å². The average Bonchev–Trinajstić information content (AvgIpc) is 3.35. The highest BCUT2D eigenvalue weighted by atomic mass is 32.2. The van der Waals surface area contributed by atoms with Gasteiger partial charge in [-0.25, -0.2) is 4.98 Å². The van der Waals surface area contributed by atoms with Gasteiger partial charge in [-0.3, -0.25) is 0 Å². The Morgan fingerprint density at radius 3 is 2.37 bits per heavy atom. The standard InChI is InChI=1S/C30H45NO2SSi/c1-8-24-16-19-28(31-29(24)32-5)27(22-23-12-9-10-13-23)25-14-17-26(18-15-25)34-21-11-20-33-35(6,7)30(2,3)4/h14-19,22-23H,8-13,20-21H2,1-7H3. The number of allylic oxidation sites excluding steroid dienone is 1. The van der Waals surface area contributed by atoms with Crippen LogP contribution in [0.15, 0.2) is 47.4 Å². The first-order valence-electron chi connectivity index (χ1n) is 13.3. The molecule has 3 nitrogen and oxygen atoms in total. The predicted molar refractivity (Wildman–Crippen MR) is 154 cm³/mol. The van der Waals surface area contributed by atoms with Gasteiger partial charge in [-0.15, -0.1) is 11.8 Å². The van der Waals surface area contributed by atoms with Crippen LogP contribution in [0.3, 0.4) is 0 Å². The number of ether oxygens (including phenoxy) is 1. The number of nitrogens with zero attached hydrogens (tertiary/aromatic N) is 1. The smallest absolute Gasteiger partial charge is 0.216 e. The van der Waals surface area contributed by atoms with E-state index in [9.17, 15) is 0 Å². The van der Waals surface area contributed by atoms with Gasteiger partial charge in [0.2, 0.25) is 5.88 Å². The molecule has 5 heteroatoms. The first kappa shape index (κ1) is 28.0. The number of aromatic nitrogens is 1. The van der Waals surface area contributed by atoms with Gasteiger partial charge in [-0.05, 0) is 73.5 Å². The van der Waals surface area contributed by atoms with Crippen molar-refractivity contribution >= 4 is 25.7 Å². The van der Waals surface area contributed by atoms with E-state index in [1.165, 1.54) is 41.7 Å². The van der Waals surface area contributed by atoms with Crippen LogP contribution >= 0.6 is 11.8 Å². The van der Waals surface area contributed by atoms with Gasteiger partial charge < -0.3 is 9.16 Å². The minimum Gasteiger partial charge on any atom is -0.481 e. The third-order valence-electron chi connectivity index (χ3n) is 7.58. The number of hydrogen-bond acceptors (Lipinski definition) is 4. The number of aryl methyl sites for hydroxylation is 1. The lowest BCUT2D eigenvalue weighted by Crippen LogP contribution is -2.41. The minimum atomic E-state index is -1.65. The fourth-order valence-corrected chi connectivity index (χ4v) is 6.19. The fraction of sp³-hybridized carbons (Fsp3) is 0.567. The van der Waals surface area contributed by atoms with E-state index in [4.69, 9.17) is 14.1 Å². The lowest BCUT2D eigenvalue weighted by Gasteiger charge is -2.36. The molecule has 1 aromatic heterocycles. The molecule has 0 spiro atoms. The van der Waals surface area contributed by atoms with Gasteiger partial charge in [0.1, 0.15) is 0 Å². The van der Waals surface area contributed by atoms with Crippen molar-refractivity contribution in [3.8, 4) is 5.88 Å². The molecule has 0 saturated heterocycles. The number of pyridine rings is 1. The zero-order valence-corrected chi connectivity index (χ0v) is 24.8. The summed E-state index contributed by atoms with van der Waals surface area (Å²) < 4.78 is 11.9. The van der Waals surface area contributed by atoms with Crippen molar-refractivity contribution in [3.05, 3.63) is 59.3 Å². The van der Waals surface area contributed by atoms with Crippen LogP contribution in [0.2, 0.25) is 18.1 Å². The molecule has 192 valence electrons. The summed E-state index contributed by atoms with van der Waals surface area (Å²) in [6.07, 6.45) is 9.67. The maximum Gasteiger partial charge on any atom is 0.216 e. The number of methoxy groups -OCH3 is 1. The second-order valence-electron chi connectivity index (χ2n) is 11.2. The van der Waals surface area contributed by atoms with Crippen LogP contribution in [0.4, 0.5) is 0 Å². The Balaban J connectivity index is 1.68. The molecule has 0 radical (unpaired) electrons. The summed E-state index contributed by atoms with van der Waals surface area (Å²) in [6.45, 7) is 14.6. The van der Waals surface area contributed by atoms with E-state index in [-0.39, 0.29) is 5.04 Å². The van der Waals surface area contributed by atoms with Gasteiger partial charge in [0.05, 0.1) is 12.8 Å². The molecule has 0 bridgehead atoms. The highest BCUT2D eigenvalue weighted by Crippen LogP contribution is 2.37. The zero-order chi connectivity index (χ0) is 25.5. The van der Waals surface area contributed by atoms with E-state index in [1.54, 1.807) is 7.11 Å². The summed E-state index contributed by atoms with van der Waals surface area (Å²) in [5, 5.41) is 0.273. The molecule has 1 heterocycles. The number of rotatable bonds is 11. The number of hydrogen-bond donors (Lipinski definition) is 0. The highest BCUT2D eigenvalue weighted by Gasteiger charge is 2.36. The number of thioether (sulfide) groups is 1. The predicted octanol–water partition coefficient (Wildman–Crippen LogP) is 8.78. The van der Waals surface area contributed by atoms with E-state index >= 15 is 0 Å². The third-order valence-corrected chi connectivity index (χ3v) is 13.2. The van der Waals surface area contributed by atoms with Crippen LogP contribution in [-0.2, 0) is 10.8 Å². The van der Waals surface area contributed by atoms with Crippen LogP contribution in [-0.4, -0.2) is 32.8 Å². The summed E-state index contributed by atoms with van der Waals surface area (Å²) >= 11 is 1.92. The molecule has 35 heavy (non-hydrogen) atoms. The fourth-order valence-electron chi connectivity index (χ4n) is 4.28. The Kier molecular flexibility index (Phi) is 10.1.